The van der Waals surface area contributed by atoms with Crippen molar-refractivity contribution in [2.24, 2.45) is 0 Å². The van der Waals surface area contributed by atoms with Crippen LogP contribution < -0.4 is 10.1 Å². The van der Waals surface area contributed by atoms with Gasteiger partial charge in [-0.2, -0.15) is 0 Å². The number of nitrogens with one attached hydrogen (secondary N) is 1. The maximum atomic E-state index is 12.8. The third-order valence-electron chi connectivity index (χ3n) is 3.30. The van der Waals surface area contributed by atoms with Crippen LogP contribution in [0.4, 0.5) is 4.39 Å². The predicted molar refractivity (Wildman–Crippen MR) is 76.3 cm³/mol. The first-order valence-corrected chi connectivity index (χ1v) is 8.46. The van der Waals surface area contributed by atoms with Gasteiger partial charge in [0.15, 0.2) is 15.4 Å². The number of rotatable bonds is 4. The van der Waals surface area contributed by atoms with Crippen LogP contribution in [-0.2, 0) is 14.6 Å². The molecule has 0 saturated carbocycles. The Labute approximate surface area is 123 Å². The van der Waals surface area contributed by atoms with Crippen LogP contribution >= 0.6 is 0 Å². The van der Waals surface area contributed by atoms with Crippen LogP contribution in [0.25, 0.3) is 0 Å². The van der Waals surface area contributed by atoms with Crippen molar-refractivity contribution in [3.8, 4) is 5.75 Å². The zero-order valence-electron chi connectivity index (χ0n) is 11.9. The zero-order valence-corrected chi connectivity index (χ0v) is 12.7. The lowest BCUT2D eigenvalue weighted by molar-refractivity contribution is -0.134. The molecule has 1 amide bonds. The van der Waals surface area contributed by atoms with E-state index in [1.807, 2.05) is 0 Å². The summed E-state index contributed by atoms with van der Waals surface area (Å²) in [4.78, 5) is 12.2. The molecule has 21 heavy (non-hydrogen) atoms. The van der Waals surface area contributed by atoms with Crippen molar-refractivity contribution in [3.05, 3.63) is 30.1 Å². The highest BCUT2D eigenvalue weighted by Crippen LogP contribution is 2.20. The monoisotopic (exact) mass is 315 g/mol. The summed E-state index contributed by atoms with van der Waals surface area (Å²) in [5.74, 6) is -0.354. The zero-order chi connectivity index (χ0) is 15.7. The lowest BCUT2D eigenvalue weighted by atomic mass is 10.1. The topological polar surface area (TPSA) is 72.5 Å². The number of amides is 1. The fraction of sp³-hybridized carbons (Fsp3) is 0.500. The van der Waals surface area contributed by atoms with Gasteiger partial charge < -0.3 is 10.1 Å². The summed E-state index contributed by atoms with van der Waals surface area (Å²) in [5.41, 5.74) is -1.18. The summed E-state index contributed by atoms with van der Waals surface area (Å²) in [6.45, 7) is 3.16. The normalized spacial score (nSPS) is 21.0. The summed E-state index contributed by atoms with van der Waals surface area (Å²) < 4.78 is 41.1. The second-order valence-corrected chi connectivity index (χ2v) is 7.87. The molecule has 0 bridgehead atoms. The SMILES string of the molecule is CC(C)(Oc1ccc(F)cc1)C(=O)N[C@H]1CCS(=O)(=O)C1. The fourth-order valence-corrected chi connectivity index (χ4v) is 3.79. The summed E-state index contributed by atoms with van der Waals surface area (Å²) in [7, 11) is -3.05. The second kappa shape index (κ2) is 5.63. The molecular formula is C14H18FNO4S. The molecule has 0 aliphatic carbocycles. The minimum Gasteiger partial charge on any atom is -0.478 e. The fourth-order valence-electron chi connectivity index (χ4n) is 2.11. The van der Waals surface area contributed by atoms with E-state index >= 15 is 0 Å². The first kappa shape index (κ1) is 15.8. The van der Waals surface area contributed by atoms with Crippen LogP contribution in [0.2, 0.25) is 0 Å². The Balaban J connectivity index is 1.98. The molecule has 2 rings (SSSR count). The highest BCUT2D eigenvalue weighted by atomic mass is 32.2. The minimum atomic E-state index is -3.05. The van der Waals surface area contributed by atoms with E-state index in [1.54, 1.807) is 13.8 Å². The Kier molecular flexibility index (Phi) is 4.22. The number of carbonyl (C=O) groups is 1. The van der Waals surface area contributed by atoms with Gasteiger partial charge in [0, 0.05) is 6.04 Å². The van der Waals surface area contributed by atoms with E-state index in [-0.39, 0.29) is 23.4 Å². The van der Waals surface area contributed by atoms with E-state index in [4.69, 9.17) is 4.74 Å². The molecule has 0 spiro atoms. The molecule has 0 unspecified atom stereocenters. The Morgan fingerprint density at radius 3 is 2.48 bits per heavy atom. The van der Waals surface area contributed by atoms with Gasteiger partial charge in [0.2, 0.25) is 0 Å². The lowest BCUT2D eigenvalue weighted by Gasteiger charge is -2.26. The average Bonchev–Trinajstić information content (AvgIpc) is 2.71. The summed E-state index contributed by atoms with van der Waals surface area (Å²) >= 11 is 0. The third-order valence-corrected chi connectivity index (χ3v) is 5.07. The largest absolute Gasteiger partial charge is 0.478 e. The summed E-state index contributed by atoms with van der Waals surface area (Å²) in [5, 5.41) is 2.69. The van der Waals surface area contributed by atoms with E-state index in [0.29, 0.717) is 12.2 Å². The number of sulfone groups is 1. The standard InChI is InChI=1S/C14H18FNO4S/c1-14(2,20-12-5-3-10(15)4-6-12)13(17)16-11-7-8-21(18,19)9-11/h3-6,11H,7-9H2,1-2H3,(H,16,17)/t11-/m0/s1. The molecule has 1 aliphatic heterocycles. The molecule has 1 aromatic carbocycles. The average molecular weight is 315 g/mol. The highest BCUT2D eigenvalue weighted by molar-refractivity contribution is 7.91. The van der Waals surface area contributed by atoms with Crippen LogP contribution in [0.5, 0.6) is 5.75 Å². The molecule has 0 radical (unpaired) electrons. The van der Waals surface area contributed by atoms with E-state index in [2.05, 4.69) is 5.32 Å². The molecule has 1 N–H and O–H groups in total. The van der Waals surface area contributed by atoms with E-state index in [0.717, 1.165) is 0 Å². The molecule has 1 heterocycles. The van der Waals surface area contributed by atoms with Crippen LogP contribution in [0.15, 0.2) is 24.3 Å². The van der Waals surface area contributed by atoms with Crippen molar-refractivity contribution in [1.29, 1.82) is 0 Å². The second-order valence-electron chi connectivity index (χ2n) is 5.64. The van der Waals surface area contributed by atoms with Crippen molar-refractivity contribution < 1.29 is 22.3 Å². The molecule has 1 aromatic rings. The van der Waals surface area contributed by atoms with Gasteiger partial charge in [-0.05, 0) is 44.5 Å². The molecule has 1 fully saturated rings. The number of benzene rings is 1. The van der Waals surface area contributed by atoms with Crippen LogP contribution in [-0.4, -0.2) is 37.5 Å². The van der Waals surface area contributed by atoms with E-state index < -0.39 is 21.3 Å². The van der Waals surface area contributed by atoms with Crippen LogP contribution in [0.1, 0.15) is 20.3 Å². The van der Waals surface area contributed by atoms with Crippen LogP contribution in [0, 0.1) is 5.82 Å². The lowest BCUT2D eigenvalue weighted by Crippen LogP contribution is -2.50. The van der Waals surface area contributed by atoms with Gasteiger partial charge in [-0.3, -0.25) is 4.79 Å². The van der Waals surface area contributed by atoms with Crippen molar-refractivity contribution in [3.63, 3.8) is 0 Å². The number of ether oxygens (including phenoxy) is 1. The van der Waals surface area contributed by atoms with E-state index in [9.17, 15) is 17.6 Å². The molecule has 5 nitrogen and oxygen atoms in total. The van der Waals surface area contributed by atoms with Crippen molar-refractivity contribution >= 4 is 15.7 Å². The number of hydrogen-bond donors (Lipinski definition) is 1. The Morgan fingerprint density at radius 2 is 1.95 bits per heavy atom. The minimum absolute atomic E-state index is 0.0363. The first-order chi connectivity index (χ1) is 9.68. The van der Waals surface area contributed by atoms with Crippen molar-refractivity contribution in [2.75, 3.05) is 11.5 Å². The van der Waals surface area contributed by atoms with Gasteiger partial charge in [-0.25, -0.2) is 12.8 Å². The summed E-state index contributed by atoms with van der Waals surface area (Å²) in [6.07, 6.45) is 0.417. The van der Waals surface area contributed by atoms with Gasteiger partial charge in [0.05, 0.1) is 11.5 Å². The predicted octanol–water partition coefficient (Wildman–Crippen LogP) is 1.29. The Morgan fingerprint density at radius 1 is 1.33 bits per heavy atom. The number of hydrogen-bond acceptors (Lipinski definition) is 4. The van der Waals surface area contributed by atoms with Gasteiger partial charge in [-0.1, -0.05) is 0 Å². The van der Waals surface area contributed by atoms with Gasteiger partial charge >= 0.3 is 0 Å². The van der Waals surface area contributed by atoms with Gasteiger partial charge in [0.25, 0.3) is 5.91 Å². The molecule has 0 aromatic heterocycles. The quantitative estimate of drug-likeness (QED) is 0.908. The molecule has 116 valence electrons. The van der Waals surface area contributed by atoms with Crippen molar-refractivity contribution in [2.45, 2.75) is 31.9 Å². The molecule has 1 aliphatic rings. The Hall–Kier alpha value is -1.63. The Bertz CT molecular complexity index is 625. The molecule has 1 saturated heterocycles. The highest BCUT2D eigenvalue weighted by Gasteiger charge is 2.35. The number of halogens is 1. The van der Waals surface area contributed by atoms with Crippen molar-refractivity contribution in [1.82, 2.24) is 5.32 Å². The van der Waals surface area contributed by atoms with E-state index in [1.165, 1.54) is 24.3 Å². The molecular weight excluding hydrogens is 297 g/mol. The maximum absolute atomic E-state index is 12.8. The van der Waals surface area contributed by atoms with Gasteiger partial charge in [-0.15, -0.1) is 0 Å². The molecule has 1 atom stereocenters. The maximum Gasteiger partial charge on any atom is 0.263 e. The van der Waals surface area contributed by atoms with Crippen LogP contribution in [0.3, 0.4) is 0 Å². The smallest absolute Gasteiger partial charge is 0.263 e. The first-order valence-electron chi connectivity index (χ1n) is 6.64. The summed E-state index contributed by atoms with van der Waals surface area (Å²) in [6, 6.07) is 4.98. The van der Waals surface area contributed by atoms with Gasteiger partial charge in [0.1, 0.15) is 11.6 Å². The molecule has 7 heteroatoms. The third kappa shape index (κ3) is 4.17. The number of carbonyl (C=O) groups excluding carboxylic acids is 1.